The molecule has 2 amide bonds. The molecule has 2 aliphatic heterocycles. The fourth-order valence-corrected chi connectivity index (χ4v) is 5.51. The van der Waals surface area contributed by atoms with Gasteiger partial charge in [0.25, 0.3) is 0 Å². The summed E-state index contributed by atoms with van der Waals surface area (Å²) in [6.45, 7) is 3.77. The number of aliphatic imine (C=N–C) groups is 1. The van der Waals surface area contributed by atoms with Crippen molar-refractivity contribution in [2.24, 2.45) is 10.9 Å². The maximum absolute atomic E-state index is 13.7. The Morgan fingerprint density at radius 1 is 1.10 bits per heavy atom. The van der Waals surface area contributed by atoms with Gasteiger partial charge in [0.2, 0.25) is 11.8 Å². The normalized spacial score (nSPS) is 18.5. The third kappa shape index (κ3) is 6.46. The van der Waals surface area contributed by atoms with Crippen LogP contribution in [-0.2, 0) is 9.59 Å². The molecule has 0 spiro atoms. The lowest BCUT2D eigenvalue weighted by Crippen LogP contribution is -2.45. The lowest BCUT2D eigenvalue weighted by atomic mass is 9.96. The standard InChI is InChI=1S/C32H35N5O5/c1-21-17-23-18-24(10-13-28(23)42-21)34-31(26(19-33)30(39)22-8-11-25(41-2)12-9-22)35-27-7-3-4-16-37(32(27)40)20-29(38)36-14-5-6-15-36/h8-13,17-18,26-27H,3-7,14-16,20H2,1-2H3,(H,34,35). The summed E-state index contributed by atoms with van der Waals surface area (Å²) in [7, 11) is 1.54. The van der Waals surface area contributed by atoms with Crippen molar-refractivity contribution in [1.29, 1.82) is 5.26 Å². The highest BCUT2D eigenvalue weighted by Crippen LogP contribution is 2.25. The fraction of sp³-hybridized carbons (Fsp3) is 0.406. The molecule has 218 valence electrons. The summed E-state index contributed by atoms with van der Waals surface area (Å²) in [5.41, 5.74) is 1.63. The predicted octanol–water partition coefficient (Wildman–Crippen LogP) is 4.59. The van der Waals surface area contributed by atoms with Crippen molar-refractivity contribution in [1.82, 2.24) is 9.80 Å². The van der Waals surface area contributed by atoms with Crippen LogP contribution in [0.3, 0.4) is 0 Å². The van der Waals surface area contributed by atoms with E-state index in [4.69, 9.17) is 14.1 Å². The molecule has 2 unspecified atom stereocenters. The highest BCUT2D eigenvalue weighted by Gasteiger charge is 2.33. The number of nitrogens with one attached hydrogen (secondary N) is 1. The van der Waals surface area contributed by atoms with Crippen molar-refractivity contribution in [2.75, 3.05) is 38.6 Å². The van der Waals surface area contributed by atoms with Gasteiger partial charge in [-0.05, 0) is 87.6 Å². The molecule has 2 aromatic carbocycles. The average molecular weight is 570 g/mol. The Balaban J connectivity index is 1.47. The zero-order valence-corrected chi connectivity index (χ0v) is 24.0. The number of amides is 2. The number of carbonyl (C=O) groups is 3. The Bertz CT molecular complexity index is 1530. The highest BCUT2D eigenvalue weighted by atomic mass is 16.5. The second kappa shape index (κ2) is 12.9. The number of hydrogen-bond acceptors (Lipinski definition) is 7. The van der Waals surface area contributed by atoms with Crippen LogP contribution in [0.5, 0.6) is 5.75 Å². The van der Waals surface area contributed by atoms with Crippen LogP contribution < -0.4 is 10.1 Å². The molecule has 42 heavy (non-hydrogen) atoms. The monoisotopic (exact) mass is 569 g/mol. The number of amidine groups is 1. The van der Waals surface area contributed by atoms with Gasteiger partial charge in [-0.2, -0.15) is 5.26 Å². The number of hydrogen-bond donors (Lipinski definition) is 1. The van der Waals surface area contributed by atoms with Gasteiger partial charge in [0.1, 0.15) is 29.0 Å². The van der Waals surface area contributed by atoms with Crippen LogP contribution in [0.25, 0.3) is 11.0 Å². The predicted molar refractivity (Wildman–Crippen MR) is 158 cm³/mol. The summed E-state index contributed by atoms with van der Waals surface area (Å²) in [6, 6.07) is 15.1. The number of furan rings is 1. The molecule has 0 radical (unpaired) electrons. The lowest BCUT2D eigenvalue weighted by Gasteiger charge is -2.25. The van der Waals surface area contributed by atoms with Gasteiger partial charge in [0.05, 0.1) is 19.7 Å². The fourth-order valence-electron chi connectivity index (χ4n) is 5.51. The number of Topliss-reactive ketones (excluding diaryl/α,β-unsaturated/α-hetero) is 1. The van der Waals surface area contributed by atoms with Crippen LogP contribution in [0, 0.1) is 24.2 Å². The Labute approximate surface area is 244 Å². The lowest BCUT2D eigenvalue weighted by molar-refractivity contribution is -0.140. The minimum Gasteiger partial charge on any atom is -0.497 e. The van der Waals surface area contributed by atoms with Gasteiger partial charge in [-0.1, -0.05) is 0 Å². The Kier molecular flexibility index (Phi) is 8.86. The summed E-state index contributed by atoms with van der Waals surface area (Å²) >= 11 is 0. The van der Waals surface area contributed by atoms with E-state index in [-0.39, 0.29) is 24.2 Å². The summed E-state index contributed by atoms with van der Waals surface area (Å²) in [4.78, 5) is 48.4. The number of ketones is 1. The van der Waals surface area contributed by atoms with Crippen LogP contribution in [0.1, 0.15) is 48.2 Å². The van der Waals surface area contributed by atoms with E-state index >= 15 is 0 Å². The largest absolute Gasteiger partial charge is 0.497 e. The van der Waals surface area contributed by atoms with E-state index in [0.29, 0.717) is 48.6 Å². The smallest absolute Gasteiger partial charge is 0.247 e. The number of nitriles is 1. The van der Waals surface area contributed by atoms with Gasteiger partial charge in [-0.25, -0.2) is 0 Å². The average Bonchev–Trinajstić information content (AvgIpc) is 3.63. The van der Waals surface area contributed by atoms with Gasteiger partial charge in [-0.15, -0.1) is 0 Å². The van der Waals surface area contributed by atoms with E-state index in [9.17, 15) is 19.6 Å². The van der Waals surface area contributed by atoms with Gasteiger partial charge in [0, 0.05) is 36.3 Å². The van der Waals surface area contributed by atoms with Crippen LogP contribution in [0.4, 0.5) is 5.69 Å². The van der Waals surface area contributed by atoms with Gasteiger partial charge < -0.3 is 24.3 Å². The molecule has 10 heteroatoms. The number of carbonyl (C=O) groups excluding carboxylic acids is 3. The van der Waals surface area contributed by atoms with E-state index in [1.54, 1.807) is 46.2 Å². The number of likely N-dealkylation sites (tertiary alicyclic amines) is 2. The molecular formula is C32H35N5O5. The van der Waals surface area contributed by atoms with Crippen molar-refractivity contribution in [3.8, 4) is 11.8 Å². The quantitative estimate of drug-likeness (QED) is 0.239. The third-order valence-electron chi connectivity index (χ3n) is 7.78. The zero-order valence-electron chi connectivity index (χ0n) is 24.0. The van der Waals surface area contributed by atoms with Crippen LogP contribution in [0.15, 0.2) is 57.9 Å². The number of ether oxygens (including phenoxy) is 1. The molecule has 2 fully saturated rings. The molecule has 5 rings (SSSR count). The molecular weight excluding hydrogens is 534 g/mol. The summed E-state index contributed by atoms with van der Waals surface area (Å²) < 4.78 is 10.9. The van der Waals surface area contributed by atoms with Gasteiger partial charge in [-0.3, -0.25) is 19.4 Å². The molecule has 3 aromatic rings. The maximum atomic E-state index is 13.7. The molecule has 10 nitrogen and oxygen atoms in total. The van der Waals surface area contributed by atoms with Gasteiger partial charge >= 0.3 is 0 Å². The minimum absolute atomic E-state index is 0.0105. The number of fused-ring (bicyclic) bond motifs is 1. The number of benzene rings is 2. The maximum Gasteiger partial charge on any atom is 0.247 e. The number of methoxy groups -OCH3 is 1. The summed E-state index contributed by atoms with van der Waals surface area (Å²) in [6.07, 6.45) is 3.88. The number of aryl methyl sites for hydroxylation is 1. The van der Waals surface area contributed by atoms with Crippen molar-refractivity contribution in [3.05, 3.63) is 59.9 Å². The summed E-state index contributed by atoms with van der Waals surface area (Å²) in [5, 5.41) is 14.3. The Morgan fingerprint density at radius 2 is 1.83 bits per heavy atom. The molecule has 2 aliphatic rings. The third-order valence-corrected chi connectivity index (χ3v) is 7.78. The minimum atomic E-state index is -1.30. The topological polar surface area (TPSA) is 128 Å². The molecule has 2 atom stereocenters. The first-order valence-corrected chi connectivity index (χ1v) is 14.4. The van der Waals surface area contributed by atoms with Crippen molar-refractivity contribution in [3.63, 3.8) is 0 Å². The molecule has 3 heterocycles. The van der Waals surface area contributed by atoms with E-state index in [2.05, 4.69) is 11.4 Å². The second-order valence-corrected chi connectivity index (χ2v) is 10.8. The van der Waals surface area contributed by atoms with E-state index in [1.807, 2.05) is 19.1 Å². The first-order valence-electron chi connectivity index (χ1n) is 14.4. The first-order chi connectivity index (χ1) is 20.4. The van der Waals surface area contributed by atoms with E-state index in [1.165, 1.54) is 7.11 Å². The highest BCUT2D eigenvalue weighted by molar-refractivity contribution is 6.18. The number of nitrogens with zero attached hydrogens (tertiary/aromatic N) is 4. The zero-order chi connectivity index (χ0) is 29.6. The van der Waals surface area contributed by atoms with Crippen LogP contribution in [0.2, 0.25) is 0 Å². The number of rotatable bonds is 8. The van der Waals surface area contributed by atoms with Crippen molar-refractivity contribution in [2.45, 2.75) is 45.1 Å². The van der Waals surface area contributed by atoms with Gasteiger partial charge in [0.15, 0.2) is 11.7 Å². The van der Waals surface area contributed by atoms with E-state index < -0.39 is 17.7 Å². The van der Waals surface area contributed by atoms with Crippen molar-refractivity contribution >= 4 is 40.1 Å². The van der Waals surface area contributed by atoms with Crippen LogP contribution in [-0.4, -0.2) is 72.6 Å². The number of anilines is 1. The molecule has 2 saturated heterocycles. The SMILES string of the molecule is COc1ccc(C(=O)C(C#N)C(=NC2CCCCN(CC(=O)N3CCCC3)C2=O)Nc2ccc3oc(C)cc3c2)cc1. The van der Waals surface area contributed by atoms with Crippen molar-refractivity contribution < 1.29 is 23.5 Å². The molecule has 1 aromatic heterocycles. The summed E-state index contributed by atoms with van der Waals surface area (Å²) in [5.74, 6) is -0.642. The second-order valence-electron chi connectivity index (χ2n) is 10.8. The van der Waals surface area contributed by atoms with E-state index in [0.717, 1.165) is 36.8 Å². The molecule has 0 bridgehead atoms. The Hall–Kier alpha value is -4.65. The molecule has 0 saturated carbocycles. The Morgan fingerprint density at radius 3 is 2.55 bits per heavy atom. The van der Waals surface area contributed by atoms with Crippen LogP contribution >= 0.6 is 0 Å². The molecule has 0 aliphatic carbocycles. The molecule has 1 N–H and O–H groups in total. The first kappa shape index (κ1) is 28.9.